The van der Waals surface area contributed by atoms with Crippen LogP contribution >= 0.6 is 0 Å². The van der Waals surface area contributed by atoms with Crippen molar-refractivity contribution < 1.29 is 9.53 Å². The molecule has 0 fully saturated rings. The molecule has 0 amide bonds. The number of carbonyl (C=O) groups excluding carboxylic acids is 1. The molecule has 2 aromatic heterocycles. The number of nitrogens with zero attached hydrogens (tertiary/aromatic N) is 2. The molecular formula is C22H18N2O2. The molecule has 0 saturated carbocycles. The van der Waals surface area contributed by atoms with E-state index in [1.165, 1.54) is 0 Å². The van der Waals surface area contributed by atoms with Crippen LogP contribution in [0.1, 0.15) is 15.9 Å². The second-order valence-electron chi connectivity index (χ2n) is 6.12. The molecule has 0 saturated heterocycles. The Labute approximate surface area is 151 Å². The van der Waals surface area contributed by atoms with Crippen LogP contribution in [0.2, 0.25) is 0 Å². The van der Waals surface area contributed by atoms with Crippen LogP contribution in [0.15, 0.2) is 79.1 Å². The minimum Gasteiger partial charge on any atom is -0.497 e. The molecule has 0 unspecified atom stereocenters. The van der Waals surface area contributed by atoms with Crippen molar-refractivity contribution in [1.82, 2.24) is 9.38 Å². The van der Waals surface area contributed by atoms with E-state index in [0.29, 0.717) is 17.7 Å². The van der Waals surface area contributed by atoms with Crippen LogP contribution in [-0.4, -0.2) is 22.3 Å². The van der Waals surface area contributed by atoms with Crippen LogP contribution in [-0.2, 0) is 6.42 Å². The third-order valence-electron chi connectivity index (χ3n) is 4.37. The summed E-state index contributed by atoms with van der Waals surface area (Å²) in [6.45, 7) is 0. The maximum Gasteiger partial charge on any atom is 0.167 e. The molecule has 2 aromatic carbocycles. The number of ketones is 1. The first kappa shape index (κ1) is 16.1. The second kappa shape index (κ2) is 6.84. The molecular weight excluding hydrogens is 324 g/mol. The lowest BCUT2D eigenvalue weighted by Gasteiger charge is -2.05. The van der Waals surface area contributed by atoms with Crippen molar-refractivity contribution >= 4 is 11.4 Å². The van der Waals surface area contributed by atoms with Gasteiger partial charge < -0.3 is 9.14 Å². The van der Waals surface area contributed by atoms with Crippen molar-refractivity contribution in [2.45, 2.75) is 6.42 Å². The number of ether oxygens (including phenoxy) is 1. The second-order valence-corrected chi connectivity index (χ2v) is 6.12. The summed E-state index contributed by atoms with van der Waals surface area (Å²) < 4.78 is 7.18. The molecule has 0 aliphatic carbocycles. The van der Waals surface area contributed by atoms with Gasteiger partial charge in [0.05, 0.1) is 12.8 Å². The number of hydrogen-bond acceptors (Lipinski definition) is 3. The molecule has 0 N–H and O–H groups in total. The van der Waals surface area contributed by atoms with E-state index < -0.39 is 0 Å². The van der Waals surface area contributed by atoms with Gasteiger partial charge in [0.25, 0.3) is 0 Å². The van der Waals surface area contributed by atoms with E-state index >= 15 is 0 Å². The Balaban J connectivity index is 1.53. The first-order valence-corrected chi connectivity index (χ1v) is 8.43. The summed E-state index contributed by atoms with van der Waals surface area (Å²) >= 11 is 0. The fourth-order valence-electron chi connectivity index (χ4n) is 2.95. The number of aromatic nitrogens is 2. The molecule has 0 aliphatic heterocycles. The van der Waals surface area contributed by atoms with Crippen LogP contribution < -0.4 is 4.74 Å². The van der Waals surface area contributed by atoms with Gasteiger partial charge in [0.15, 0.2) is 5.78 Å². The van der Waals surface area contributed by atoms with Crippen LogP contribution in [0, 0.1) is 0 Å². The number of carbonyl (C=O) groups is 1. The maximum atomic E-state index is 12.5. The zero-order valence-corrected chi connectivity index (χ0v) is 14.4. The summed E-state index contributed by atoms with van der Waals surface area (Å²) in [4.78, 5) is 17.1. The molecule has 4 rings (SSSR count). The Kier molecular flexibility index (Phi) is 4.23. The van der Waals surface area contributed by atoms with Crippen LogP contribution in [0.4, 0.5) is 0 Å². The standard InChI is InChI=1S/C22H18N2O2/c1-26-19-6-4-5-18(14-19)21(25)13-16-8-10-17(11-9-16)20-15-24-12-3-2-7-22(24)23-20/h2-12,14-15H,13H2,1H3. The Hall–Kier alpha value is -3.40. The smallest absolute Gasteiger partial charge is 0.167 e. The topological polar surface area (TPSA) is 43.6 Å². The number of methoxy groups -OCH3 is 1. The number of fused-ring (bicyclic) bond motifs is 1. The number of Topliss-reactive ketones (excluding diaryl/α,β-unsaturated/α-hetero) is 1. The molecule has 4 aromatic rings. The average molecular weight is 342 g/mol. The van der Waals surface area contributed by atoms with E-state index in [4.69, 9.17) is 4.74 Å². The quantitative estimate of drug-likeness (QED) is 0.504. The fraction of sp³-hybridized carbons (Fsp3) is 0.0909. The van der Waals surface area contributed by atoms with Crippen molar-refractivity contribution in [3.63, 3.8) is 0 Å². The summed E-state index contributed by atoms with van der Waals surface area (Å²) in [5.41, 5.74) is 4.51. The Bertz CT molecular complexity index is 1030. The van der Waals surface area contributed by atoms with Gasteiger partial charge in [0.1, 0.15) is 11.4 Å². The molecule has 0 bridgehead atoms. The number of hydrogen-bond donors (Lipinski definition) is 0. The SMILES string of the molecule is COc1cccc(C(=O)Cc2ccc(-c3cn4ccccc4n3)cc2)c1. The van der Waals surface area contributed by atoms with Crippen molar-refractivity contribution in [2.24, 2.45) is 0 Å². The van der Waals surface area contributed by atoms with Crippen LogP contribution in [0.3, 0.4) is 0 Å². The monoisotopic (exact) mass is 342 g/mol. The van der Waals surface area contributed by atoms with Gasteiger partial charge in [0.2, 0.25) is 0 Å². The van der Waals surface area contributed by atoms with E-state index in [1.807, 2.05) is 77.5 Å². The van der Waals surface area contributed by atoms with E-state index in [9.17, 15) is 4.79 Å². The number of imidazole rings is 1. The molecule has 2 heterocycles. The molecule has 4 nitrogen and oxygen atoms in total. The van der Waals surface area contributed by atoms with Gasteiger partial charge >= 0.3 is 0 Å². The molecule has 0 atom stereocenters. The van der Waals surface area contributed by atoms with E-state index in [1.54, 1.807) is 13.2 Å². The molecule has 0 spiro atoms. The van der Waals surface area contributed by atoms with Gasteiger partial charge in [0, 0.05) is 29.9 Å². The highest BCUT2D eigenvalue weighted by atomic mass is 16.5. The lowest BCUT2D eigenvalue weighted by Crippen LogP contribution is -2.03. The highest BCUT2D eigenvalue weighted by Gasteiger charge is 2.09. The number of pyridine rings is 1. The van der Waals surface area contributed by atoms with E-state index in [2.05, 4.69) is 4.98 Å². The van der Waals surface area contributed by atoms with Gasteiger partial charge in [-0.2, -0.15) is 0 Å². The lowest BCUT2D eigenvalue weighted by molar-refractivity contribution is 0.0992. The Morgan fingerprint density at radius 2 is 1.88 bits per heavy atom. The largest absolute Gasteiger partial charge is 0.497 e. The average Bonchev–Trinajstić information content (AvgIpc) is 3.13. The van der Waals surface area contributed by atoms with Gasteiger partial charge in [-0.15, -0.1) is 0 Å². The van der Waals surface area contributed by atoms with Crippen LogP contribution in [0.5, 0.6) is 5.75 Å². The Morgan fingerprint density at radius 1 is 1.04 bits per heavy atom. The van der Waals surface area contributed by atoms with Crippen molar-refractivity contribution in [1.29, 1.82) is 0 Å². The Morgan fingerprint density at radius 3 is 2.65 bits per heavy atom. The zero-order chi connectivity index (χ0) is 17.9. The number of benzene rings is 2. The molecule has 26 heavy (non-hydrogen) atoms. The van der Waals surface area contributed by atoms with Crippen LogP contribution in [0.25, 0.3) is 16.9 Å². The normalized spacial score (nSPS) is 10.8. The summed E-state index contributed by atoms with van der Waals surface area (Å²) in [7, 11) is 1.60. The molecule has 128 valence electrons. The van der Waals surface area contributed by atoms with Gasteiger partial charge in [-0.3, -0.25) is 4.79 Å². The summed E-state index contributed by atoms with van der Waals surface area (Å²) in [5, 5.41) is 0. The van der Waals surface area contributed by atoms with E-state index in [-0.39, 0.29) is 5.78 Å². The first-order chi connectivity index (χ1) is 12.7. The summed E-state index contributed by atoms with van der Waals surface area (Å²) in [6.07, 6.45) is 4.34. The predicted octanol–water partition coefficient (Wildman–Crippen LogP) is 4.44. The highest BCUT2D eigenvalue weighted by molar-refractivity contribution is 5.97. The molecule has 4 heteroatoms. The van der Waals surface area contributed by atoms with E-state index in [0.717, 1.165) is 22.5 Å². The van der Waals surface area contributed by atoms with Gasteiger partial charge in [-0.1, -0.05) is 42.5 Å². The third kappa shape index (κ3) is 3.22. The minimum absolute atomic E-state index is 0.0735. The first-order valence-electron chi connectivity index (χ1n) is 8.43. The zero-order valence-electron chi connectivity index (χ0n) is 14.4. The summed E-state index contributed by atoms with van der Waals surface area (Å²) in [5.74, 6) is 0.766. The lowest BCUT2D eigenvalue weighted by atomic mass is 10.0. The minimum atomic E-state index is 0.0735. The van der Waals surface area contributed by atoms with Crippen molar-refractivity contribution in [2.75, 3.05) is 7.11 Å². The fourth-order valence-corrected chi connectivity index (χ4v) is 2.95. The summed E-state index contributed by atoms with van der Waals surface area (Å²) in [6, 6.07) is 21.2. The van der Waals surface area contributed by atoms with Crippen molar-refractivity contribution in [3.05, 3.63) is 90.3 Å². The highest BCUT2D eigenvalue weighted by Crippen LogP contribution is 2.21. The van der Waals surface area contributed by atoms with Crippen molar-refractivity contribution in [3.8, 4) is 17.0 Å². The third-order valence-corrected chi connectivity index (χ3v) is 4.37. The maximum absolute atomic E-state index is 12.5. The predicted molar refractivity (Wildman–Crippen MR) is 102 cm³/mol. The molecule has 0 radical (unpaired) electrons. The van der Waals surface area contributed by atoms with Gasteiger partial charge in [-0.05, 0) is 29.8 Å². The van der Waals surface area contributed by atoms with Gasteiger partial charge in [-0.25, -0.2) is 4.98 Å². The molecule has 0 aliphatic rings. The number of rotatable bonds is 5.